The first-order chi connectivity index (χ1) is 8.58. The molecular weight excluding hydrogens is 236 g/mol. The van der Waals surface area contributed by atoms with Crippen LogP contribution < -0.4 is 11.2 Å². The largest absolute Gasteiger partial charge is 0.477 e. The highest BCUT2D eigenvalue weighted by Crippen LogP contribution is 2.24. The van der Waals surface area contributed by atoms with Crippen molar-refractivity contribution < 1.29 is 9.90 Å². The molecule has 6 nitrogen and oxygen atoms in total. The summed E-state index contributed by atoms with van der Waals surface area (Å²) in [5.41, 5.74) is -1.76. The number of hydrogen-bond donors (Lipinski definition) is 2. The maximum atomic E-state index is 11.6. The van der Waals surface area contributed by atoms with Crippen LogP contribution in [-0.4, -0.2) is 20.6 Å². The van der Waals surface area contributed by atoms with Crippen LogP contribution in [0.3, 0.4) is 0 Å². The quantitative estimate of drug-likeness (QED) is 0.832. The zero-order valence-electron chi connectivity index (χ0n) is 10.0. The van der Waals surface area contributed by atoms with Crippen molar-refractivity contribution >= 4 is 5.97 Å². The molecule has 0 unspecified atom stereocenters. The van der Waals surface area contributed by atoms with Crippen LogP contribution in [0.4, 0.5) is 0 Å². The van der Waals surface area contributed by atoms with Crippen LogP contribution >= 0.6 is 0 Å². The average Bonchev–Trinajstić information content (AvgIpc) is 2.33. The number of carboxylic acid groups (broad SMARTS) is 1. The van der Waals surface area contributed by atoms with Crippen molar-refractivity contribution in [2.24, 2.45) is 5.92 Å². The number of carbonyl (C=O) groups is 1. The third-order valence-electron chi connectivity index (χ3n) is 3.42. The molecule has 6 heteroatoms. The molecule has 2 rings (SSSR count). The lowest BCUT2D eigenvalue weighted by Crippen LogP contribution is -2.35. The highest BCUT2D eigenvalue weighted by molar-refractivity contribution is 5.86. The van der Waals surface area contributed by atoms with E-state index in [0.717, 1.165) is 31.9 Å². The third kappa shape index (κ3) is 2.69. The molecule has 1 aromatic heterocycles. The Hall–Kier alpha value is -1.85. The van der Waals surface area contributed by atoms with Crippen LogP contribution in [0.5, 0.6) is 0 Å². The van der Waals surface area contributed by atoms with Crippen LogP contribution in [0.25, 0.3) is 0 Å². The Kier molecular flexibility index (Phi) is 3.64. The van der Waals surface area contributed by atoms with Crippen molar-refractivity contribution in [1.29, 1.82) is 0 Å². The molecule has 0 amide bonds. The second-order valence-electron chi connectivity index (χ2n) is 4.76. The van der Waals surface area contributed by atoms with E-state index in [4.69, 9.17) is 5.11 Å². The highest BCUT2D eigenvalue weighted by atomic mass is 16.4. The van der Waals surface area contributed by atoms with E-state index in [1.54, 1.807) is 0 Å². The predicted molar refractivity (Wildman–Crippen MR) is 64.9 cm³/mol. The van der Waals surface area contributed by atoms with Gasteiger partial charge in [-0.2, -0.15) is 0 Å². The Morgan fingerprint density at radius 1 is 1.33 bits per heavy atom. The summed E-state index contributed by atoms with van der Waals surface area (Å²) in [6, 6.07) is 0. The van der Waals surface area contributed by atoms with Crippen LogP contribution in [0.15, 0.2) is 15.8 Å². The lowest BCUT2D eigenvalue weighted by Gasteiger charge is -2.22. The second kappa shape index (κ2) is 5.20. The summed E-state index contributed by atoms with van der Waals surface area (Å²) < 4.78 is 1.31. The summed E-state index contributed by atoms with van der Waals surface area (Å²) in [5, 5.41) is 8.85. The fourth-order valence-corrected chi connectivity index (χ4v) is 2.45. The third-order valence-corrected chi connectivity index (χ3v) is 3.42. The van der Waals surface area contributed by atoms with Gasteiger partial charge in [0.15, 0.2) is 0 Å². The first kappa shape index (κ1) is 12.6. The van der Waals surface area contributed by atoms with E-state index in [-0.39, 0.29) is 5.56 Å². The molecule has 0 aliphatic heterocycles. The van der Waals surface area contributed by atoms with Gasteiger partial charge in [-0.25, -0.2) is 9.59 Å². The van der Waals surface area contributed by atoms with Gasteiger partial charge in [0.1, 0.15) is 5.56 Å². The molecule has 1 aliphatic rings. The molecule has 0 saturated heterocycles. The molecule has 0 aromatic carbocycles. The van der Waals surface area contributed by atoms with Gasteiger partial charge in [0.05, 0.1) is 0 Å². The molecule has 98 valence electrons. The molecule has 1 aromatic rings. The number of aromatic amines is 1. The molecule has 1 aliphatic carbocycles. The van der Waals surface area contributed by atoms with Crippen molar-refractivity contribution in [2.75, 3.05) is 0 Å². The van der Waals surface area contributed by atoms with Gasteiger partial charge in [-0.1, -0.05) is 19.3 Å². The Morgan fingerprint density at radius 3 is 2.61 bits per heavy atom. The summed E-state index contributed by atoms with van der Waals surface area (Å²) in [6.07, 6.45) is 6.76. The molecule has 0 bridgehead atoms. The Labute approximate surface area is 103 Å². The lowest BCUT2D eigenvalue weighted by molar-refractivity contribution is 0.0693. The van der Waals surface area contributed by atoms with Gasteiger partial charge >= 0.3 is 11.7 Å². The van der Waals surface area contributed by atoms with Gasteiger partial charge in [0, 0.05) is 12.7 Å². The second-order valence-corrected chi connectivity index (χ2v) is 4.76. The summed E-state index contributed by atoms with van der Waals surface area (Å²) in [4.78, 5) is 35.8. The summed E-state index contributed by atoms with van der Waals surface area (Å²) in [5.74, 6) is -0.919. The van der Waals surface area contributed by atoms with E-state index in [1.165, 1.54) is 11.0 Å². The van der Waals surface area contributed by atoms with Crippen molar-refractivity contribution in [3.63, 3.8) is 0 Å². The molecule has 0 radical (unpaired) electrons. The van der Waals surface area contributed by atoms with Crippen molar-refractivity contribution in [1.82, 2.24) is 9.55 Å². The zero-order valence-corrected chi connectivity index (χ0v) is 10.0. The normalized spacial score (nSPS) is 16.7. The molecule has 1 saturated carbocycles. The first-order valence-electron chi connectivity index (χ1n) is 6.15. The number of aromatic carboxylic acids is 1. The zero-order chi connectivity index (χ0) is 13.1. The fraction of sp³-hybridized carbons (Fsp3) is 0.583. The Bertz CT molecular complexity index is 552. The van der Waals surface area contributed by atoms with Gasteiger partial charge < -0.3 is 5.11 Å². The first-order valence-corrected chi connectivity index (χ1v) is 6.15. The summed E-state index contributed by atoms with van der Waals surface area (Å²) in [6.45, 7) is 0.482. The van der Waals surface area contributed by atoms with Gasteiger partial charge in [-0.3, -0.25) is 14.3 Å². The maximum Gasteiger partial charge on any atom is 0.342 e. The van der Waals surface area contributed by atoms with Crippen molar-refractivity contribution in [2.45, 2.75) is 38.6 Å². The minimum Gasteiger partial charge on any atom is -0.477 e. The number of nitrogens with one attached hydrogen (secondary N) is 1. The summed E-state index contributed by atoms with van der Waals surface area (Å²) >= 11 is 0. The number of carboxylic acids is 1. The maximum absolute atomic E-state index is 11.6. The molecule has 0 spiro atoms. The van der Waals surface area contributed by atoms with Crippen LogP contribution in [-0.2, 0) is 6.54 Å². The van der Waals surface area contributed by atoms with Crippen LogP contribution in [0.2, 0.25) is 0 Å². The minimum atomic E-state index is -1.31. The van der Waals surface area contributed by atoms with Crippen LogP contribution in [0.1, 0.15) is 42.5 Å². The molecular formula is C12H16N2O4. The SMILES string of the molecule is O=C(O)c1cn(CC2CCCCC2)c(=O)[nH]c1=O. The fourth-order valence-electron chi connectivity index (χ4n) is 2.45. The smallest absolute Gasteiger partial charge is 0.342 e. The van der Waals surface area contributed by atoms with Gasteiger partial charge in [-0.05, 0) is 18.8 Å². The van der Waals surface area contributed by atoms with E-state index in [1.807, 2.05) is 4.98 Å². The van der Waals surface area contributed by atoms with Crippen molar-refractivity contribution in [3.05, 3.63) is 32.6 Å². The van der Waals surface area contributed by atoms with Gasteiger partial charge in [0.25, 0.3) is 5.56 Å². The molecule has 1 fully saturated rings. The van der Waals surface area contributed by atoms with E-state index in [0.29, 0.717) is 12.5 Å². The lowest BCUT2D eigenvalue weighted by atomic mass is 9.89. The van der Waals surface area contributed by atoms with Gasteiger partial charge in [0.2, 0.25) is 0 Å². The topological polar surface area (TPSA) is 92.2 Å². The highest BCUT2D eigenvalue weighted by Gasteiger charge is 2.17. The molecule has 1 heterocycles. The number of nitrogens with zero attached hydrogens (tertiary/aromatic N) is 1. The summed E-state index contributed by atoms with van der Waals surface area (Å²) in [7, 11) is 0. The number of rotatable bonds is 3. The molecule has 0 atom stereocenters. The van der Waals surface area contributed by atoms with E-state index in [2.05, 4.69) is 0 Å². The Morgan fingerprint density at radius 2 is 2.00 bits per heavy atom. The van der Waals surface area contributed by atoms with Crippen molar-refractivity contribution in [3.8, 4) is 0 Å². The standard InChI is InChI=1S/C12H16N2O4/c15-10-9(11(16)17)7-14(12(18)13-10)6-8-4-2-1-3-5-8/h7-8H,1-6H2,(H,16,17)(H,13,15,18). The number of H-pyrrole nitrogens is 1. The predicted octanol–water partition coefficient (Wildman–Crippen LogP) is 0.815. The average molecular weight is 252 g/mol. The van der Waals surface area contributed by atoms with Gasteiger partial charge in [-0.15, -0.1) is 0 Å². The molecule has 18 heavy (non-hydrogen) atoms. The monoisotopic (exact) mass is 252 g/mol. The van der Waals surface area contributed by atoms with Crippen LogP contribution in [0, 0.1) is 5.92 Å². The van der Waals surface area contributed by atoms with E-state index < -0.39 is 17.2 Å². The minimum absolute atomic E-state index is 0.384. The number of aromatic nitrogens is 2. The Balaban J connectivity index is 2.26. The van der Waals surface area contributed by atoms with E-state index >= 15 is 0 Å². The number of hydrogen-bond acceptors (Lipinski definition) is 3. The molecule has 2 N–H and O–H groups in total. The van der Waals surface area contributed by atoms with E-state index in [9.17, 15) is 14.4 Å².